The Labute approximate surface area is 119 Å². The number of rotatable bonds is 1. The molecular formula is C15H17ClN2O. The number of fused-ring (bicyclic) bond motifs is 1. The molecule has 1 heterocycles. The van der Waals surface area contributed by atoms with Gasteiger partial charge in [-0.15, -0.1) is 12.4 Å². The van der Waals surface area contributed by atoms with Crippen LogP contribution in [0.4, 0.5) is 11.4 Å². The van der Waals surface area contributed by atoms with E-state index in [4.69, 9.17) is 0 Å². The monoisotopic (exact) mass is 276 g/mol. The molecule has 0 unspecified atom stereocenters. The van der Waals surface area contributed by atoms with Gasteiger partial charge < -0.3 is 5.32 Å². The highest BCUT2D eigenvalue weighted by Crippen LogP contribution is 2.34. The summed E-state index contributed by atoms with van der Waals surface area (Å²) in [5.41, 5.74) is 4.74. The number of aliphatic imine (C=N–C) groups is 1. The molecule has 0 amide bonds. The van der Waals surface area contributed by atoms with Crippen molar-refractivity contribution in [3.05, 3.63) is 35.5 Å². The summed E-state index contributed by atoms with van der Waals surface area (Å²) in [6.45, 7) is 2.05. The molecule has 1 aromatic carbocycles. The molecule has 4 heteroatoms. The fraction of sp³-hybridized carbons (Fsp3) is 0.333. The van der Waals surface area contributed by atoms with Crippen molar-refractivity contribution < 1.29 is 4.79 Å². The van der Waals surface area contributed by atoms with Crippen LogP contribution in [-0.2, 0) is 4.79 Å². The van der Waals surface area contributed by atoms with E-state index in [9.17, 15) is 4.79 Å². The zero-order valence-corrected chi connectivity index (χ0v) is 11.7. The fourth-order valence-electron chi connectivity index (χ4n) is 2.60. The van der Waals surface area contributed by atoms with E-state index < -0.39 is 0 Å². The molecule has 3 nitrogen and oxygen atoms in total. The normalized spacial score (nSPS) is 17.5. The first-order valence-electron chi connectivity index (χ1n) is 6.50. The van der Waals surface area contributed by atoms with Crippen molar-refractivity contribution in [2.75, 3.05) is 5.32 Å². The third-order valence-corrected chi connectivity index (χ3v) is 3.48. The molecule has 0 bridgehead atoms. The molecule has 100 valence electrons. The standard InChI is InChI=1S/C15H16N2O.ClH/c1-2-10-15-13(8-5-9-14(15)18)17-12-7-4-3-6-11(12)16-10;/h3-4,6-7,17H,2,5,8-9H2,1H3;1H. The predicted molar refractivity (Wildman–Crippen MR) is 80.6 cm³/mol. The molecule has 0 radical (unpaired) electrons. The van der Waals surface area contributed by atoms with Gasteiger partial charge in [-0.05, 0) is 31.4 Å². The summed E-state index contributed by atoms with van der Waals surface area (Å²) < 4.78 is 0. The molecule has 0 saturated carbocycles. The number of nitrogens with zero attached hydrogens (tertiary/aromatic N) is 1. The molecule has 2 aliphatic rings. The van der Waals surface area contributed by atoms with E-state index >= 15 is 0 Å². The van der Waals surface area contributed by atoms with E-state index in [1.165, 1.54) is 0 Å². The van der Waals surface area contributed by atoms with Crippen molar-refractivity contribution in [1.29, 1.82) is 0 Å². The molecule has 0 atom stereocenters. The van der Waals surface area contributed by atoms with Gasteiger partial charge in [0.25, 0.3) is 0 Å². The number of para-hydroxylation sites is 2. The van der Waals surface area contributed by atoms with Gasteiger partial charge in [0.15, 0.2) is 5.78 Å². The van der Waals surface area contributed by atoms with Crippen LogP contribution in [0.5, 0.6) is 0 Å². The fourth-order valence-corrected chi connectivity index (χ4v) is 2.60. The number of carbonyl (C=O) groups excluding carboxylic acids is 1. The molecule has 1 aliphatic carbocycles. The second kappa shape index (κ2) is 5.57. The molecule has 0 aromatic heterocycles. The average Bonchev–Trinajstić information content (AvgIpc) is 2.55. The lowest BCUT2D eigenvalue weighted by Gasteiger charge is -2.19. The lowest BCUT2D eigenvalue weighted by molar-refractivity contribution is -0.115. The lowest BCUT2D eigenvalue weighted by atomic mass is 9.90. The van der Waals surface area contributed by atoms with Crippen LogP contribution in [0.25, 0.3) is 0 Å². The quantitative estimate of drug-likeness (QED) is 0.841. The number of benzene rings is 1. The van der Waals surface area contributed by atoms with Crippen molar-refractivity contribution in [1.82, 2.24) is 0 Å². The lowest BCUT2D eigenvalue weighted by Crippen LogP contribution is -2.21. The van der Waals surface area contributed by atoms with Crippen LogP contribution in [0.3, 0.4) is 0 Å². The van der Waals surface area contributed by atoms with Gasteiger partial charge in [0.2, 0.25) is 0 Å². The number of nitrogens with one attached hydrogen (secondary N) is 1. The van der Waals surface area contributed by atoms with Gasteiger partial charge in [0.05, 0.1) is 22.7 Å². The first kappa shape index (κ1) is 13.8. The first-order chi connectivity index (χ1) is 8.79. The second-order valence-corrected chi connectivity index (χ2v) is 4.68. The summed E-state index contributed by atoms with van der Waals surface area (Å²) in [5.74, 6) is 0.233. The van der Waals surface area contributed by atoms with Crippen LogP contribution in [0, 0.1) is 0 Å². The van der Waals surface area contributed by atoms with Crippen molar-refractivity contribution in [3.63, 3.8) is 0 Å². The number of carbonyl (C=O) groups is 1. The number of ketones is 1. The summed E-state index contributed by atoms with van der Waals surface area (Å²) >= 11 is 0. The Hall–Kier alpha value is -1.61. The van der Waals surface area contributed by atoms with Gasteiger partial charge in [0, 0.05) is 12.1 Å². The van der Waals surface area contributed by atoms with Crippen LogP contribution in [0.1, 0.15) is 32.6 Å². The van der Waals surface area contributed by atoms with Crippen LogP contribution in [-0.4, -0.2) is 11.5 Å². The molecule has 19 heavy (non-hydrogen) atoms. The number of halogens is 1. The SMILES string of the molecule is CCC1=Nc2ccccc2NC2=C1C(=O)CCC2.Cl. The van der Waals surface area contributed by atoms with Crippen molar-refractivity contribution >= 4 is 35.3 Å². The van der Waals surface area contributed by atoms with Crippen molar-refractivity contribution in [3.8, 4) is 0 Å². The molecule has 0 fully saturated rings. The molecule has 1 N–H and O–H groups in total. The number of Topliss-reactive ketones (excluding diaryl/α,β-unsaturated/α-hetero) is 1. The largest absolute Gasteiger partial charge is 0.356 e. The number of hydrogen-bond acceptors (Lipinski definition) is 3. The molecular weight excluding hydrogens is 260 g/mol. The number of anilines is 1. The van der Waals surface area contributed by atoms with Crippen LogP contribution in [0.15, 0.2) is 40.5 Å². The minimum atomic E-state index is 0. The summed E-state index contributed by atoms with van der Waals surface area (Å²) in [6, 6.07) is 7.97. The third kappa shape index (κ3) is 2.43. The van der Waals surface area contributed by atoms with E-state index in [1.54, 1.807) is 0 Å². The summed E-state index contributed by atoms with van der Waals surface area (Å²) in [6.07, 6.45) is 3.31. The smallest absolute Gasteiger partial charge is 0.166 e. The topological polar surface area (TPSA) is 41.5 Å². The van der Waals surface area contributed by atoms with Gasteiger partial charge >= 0.3 is 0 Å². The minimum absolute atomic E-state index is 0. The van der Waals surface area contributed by atoms with E-state index in [2.05, 4.69) is 17.2 Å². The van der Waals surface area contributed by atoms with Gasteiger partial charge in [-0.3, -0.25) is 9.79 Å². The van der Waals surface area contributed by atoms with Gasteiger partial charge in [0.1, 0.15) is 0 Å². The first-order valence-corrected chi connectivity index (χ1v) is 6.50. The van der Waals surface area contributed by atoms with Crippen LogP contribution >= 0.6 is 12.4 Å². The molecule has 1 aromatic rings. The molecule has 0 saturated heterocycles. The maximum Gasteiger partial charge on any atom is 0.166 e. The Kier molecular flexibility index (Phi) is 4.05. The van der Waals surface area contributed by atoms with Crippen molar-refractivity contribution in [2.45, 2.75) is 32.6 Å². The number of allylic oxidation sites excluding steroid dienone is 2. The maximum atomic E-state index is 12.1. The van der Waals surface area contributed by atoms with Gasteiger partial charge in [-0.2, -0.15) is 0 Å². The Morgan fingerprint density at radius 1 is 1.26 bits per heavy atom. The summed E-state index contributed by atoms with van der Waals surface area (Å²) in [4.78, 5) is 16.8. The second-order valence-electron chi connectivity index (χ2n) is 4.68. The van der Waals surface area contributed by atoms with Crippen LogP contribution < -0.4 is 5.32 Å². The van der Waals surface area contributed by atoms with E-state index in [-0.39, 0.29) is 18.2 Å². The summed E-state index contributed by atoms with van der Waals surface area (Å²) in [5, 5.41) is 3.40. The Balaban J connectivity index is 0.00000133. The number of hydrogen-bond donors (Lipinski definition) is 1. The zero-order chi connectivity index (χ0) is 12.5. The van der Waals surface area contributed by atoms with Crippen molar-refractivity contribution in [2.24, 2.45) is 4.99 Å². The molecule has 3 rings (SSSR count). The third-order valence-electron chi connectivity index (χ3n) is 3.48. The summed E-state index contributed by atoms with van der Waals surface area (Å²) in [7, 11) is 0. The highest BCUT2D eigenvalue weighted by molar-refractivity contribution is 6.24. The highest BCUT2D eigenvalue weighted by Gasteiger charge is 2.26. The minimum Gasteiger partial charge on any atom is -0.356 e. The Morgan fingerprint density at radius 3 is 2.84 bits per heavy atom. The highest BCUT2D eigenvalue weighted by atomic mass is 35.5. The van der Waals surface area contributed by atoms with E-state index in [1.807, 2.05) is 24.3 Å². The zero-order valence-electron chi connectivity index (χ0n) is 10.9. The predicted octanol–water partition coefficient (Wildman–Crippen LogP) is 4.02. The maximum absolute atomic E-state index is 12.1. The van der Waals surface area contributed by atoms with Gasteiger partial charge in [-0.1, -0.05) is 19.1 Å². The van der Waals surface area contributed by atoms with E-state index in [0.717, 1.165) is 47.6 Å². The van der Waals surface area contributed by atoms with E-state index in [0.29, 0.717) is 6.42 Å². The molecule has 1 aliphatic heterocycles. The van der Waals surface area contributed by atoms with Gasteiger partial charge in [-0.25, -0.2) is 0 Å². The average molecular weight is 277 g/mol. The Morgan fingerprint density at radius 2 is 2.05 bits per heavy atom. The van der Waals surface area contributed by atoms with Crippen LogP contribution in [0.2, 0.25) is 0 Å². The Bertz CT molecular complexity index is 575. The molecule has 0 spiro atoms.